The first-order chi connectivity index (χ1) is 15.9. The fourth-order valence-electron chi connectivity index (χ4n) is 5.76. The van der Waals surface area contributed by atoms with Gasteiger partial charge in [0.1, 0.15) is 5.54 Å². The van der Waals surface area contributed by atoms with E-state index < -0.39 is 41.2 Å². The monoisotopic (exact) mass is 447 g/mol. The second kappa shape index (κ2) is 7.81. The molecule has 0 aliphatic carbocycles. The maximum Gasteiger partial charge on any atom is 0.307 e. The van der Waals surface area contributed by atoms with Crippen molar-refractivity contribution >= 4 is 29.4 Å². The van der Waals surface area contributed by atoms with Crippen molar-refractivity contribution < 1.29 is 23.9 Å². The summed E-state index contributed by atoms with van der Waals surface area (Å²) >= 11 is 0. The zero-order valence-electron chi connectivity index (χ0n) is 18.5. The van der Waals surface area contributed by atoms with Crippen LogP contribution < -0.4 is 10.2 Å². The molecule has 0 radical (unpaired) electrons. The summed E-state index contributed by atoms with van der Waals surface area (Å²) in [5.41, 5.74) is 0.803. The molecule has 3 amide bonds. The van der Waals surface area contributed by atoms with Crippen LogP contribution >= 0.6 is 0 Å². The minimum atomic E-state index is -1.50. The van der Waals surface area contributed by atoms with Gasteiger partial charge >= 0.3 is 5.97 Å². The summed E-state index contributed by atoms with van der Waals surface area (Å²) in [5, 5.41) is 2.84. The molecule has 0 bridgehead atoms. The van der Waals surface area contributed by atoms with Gasteiger partial charge in [-0.15, -0.1) is 0 Å². The summed E-state index contributed by atoms with van der Waals surface area (Å²) in [7, 11) is 1.26. The Labute approximate surface area is 191 Å². The van der Waals surface area contributed by atoms with Gasteiger partial charge in [-0.05, 0) is 24.6 Å². The second-order valence-electron chi connectivity index (χ2n) is 8.83. The van der Waals surface area contributed by atoms with Crippen LogP contribution in [0.2, 0.25) is 0 Å². The number of carbonyl (C=O) groups excluding carboxylic acids is 4. The molecule has 3 saturated heterocycles. The summed E-state index contributed by atoms with van der Waals surface area (Å²) in [4.78, 5) is 56.8. The Hall–Kier alpha value is -3.52. The molecule has 0 saturated carbocycles. The zero-order chi connectivity index (χ0) is 23.3. The first kappa shape index (κ1) is 21.3. The van der Waals surface area contributed by atoms with Crippen LogP contribution in [0, 0.1) is 18.8 Å². The Kier molecular flexibility index (Phi) is 5.05. The Morgan fingerprint density at radius 3 is 2.42 bits per heavy atom. The van der Waals surface area contributed by atoms with Gasteiger partial charge < -0.3 is 10.1 Å². The third-order valence-electron chi connectivity index (χ3n) is 7.16. The van der Waals surface area contributed by atoms with Crippen molar-refractivity contribution in [1.82, 2.24) is 10.2 Å². The molecule has 2 aromatic rings. The highest BCUT2D eigenvalue weighted by Gasteiger charge is 2.73. The van der Waals surface area contributed by atoms with Crippen molar-refractivity contribution in [2.75, 3.05) is 25.1 Å². The number of anilines is 1. The molecular weight excluding hydrogens is 422 g/mol. The van der Waals surface area contributed by atoms with Crippen LogP contribution in [0.1, 0.15) is 23.6 Å². The van der Waals surface area contributed by atoms with Crippen molar-refractivity contribution in [2.45, 2.75) is 24.9 Å². The van der Waals surface area contributed by atoms with E-state index in [-0.39, 0.29) is 12.3 Å². The minimum Gasteiger partial charge on any atom is -0.469 e. The number of rotatable bonds is 4. The molecule has 3 heterocycles. The summed E-state index contributed by atoms with van der Waals surface area (Å²) in [6.45, 7) is 2.71. The van der Waals surface area contributed by atoms with Gasteiger partial charge in [-0.2, -0.15) is 0 Å². The number of amides is 3. The highest BCUT2D eigenvalue weighted by Crippen LogP contribution is 2.57. The molecule has 3 fully saturated rings. The number of esters is 1. The molecule has 2 aromatic carbocycles. The fourth-order valence-corrected chi connectivity index (χ4v) is 5.76. The van der Waals surface area contributed by atoms with Crippen molar-refractivity contribution in [3.63, 3.8) is 0 Å². The van der Waals surface area contributed by atoms with Crippen LogP contribution in [-0.4, -0.2) is 54.3 Å². The molecule has 0 spiro atoms. The number of ether oxygens (including phenoxy) is 1. The number of carbonyl (C=O) groups is 4. The maximum absolute atomic E-state index is 13.9. The summed E-state index contributed by atoms with van der Waals surface area (Å²) in [6, 6.07) is 16.0. The lowest BCUT2D eigenvalue weighted by Crippen LogP contribution is -2.67. The van der Waals surface area contributed by atoms with E-state index in [1.165, 1.54) is 12.0 Å². The summed E-state index contributed by atoms with van der Waals surface area (Å²) in [5.74, 6) is -3.63. The molecule has 3 aliphatic rings. The Balaban J connectivity index is 1.70. The first-order valence-corrected chi connectivity index (χ1v) is 11.0. The van der Waals surface area contributed by atoms with Crippen LogP contribution in [0.25, 0.3) is 0 Å². The average Bonchev–Trinajstić information content (AvgIpc) is 3.26. The maximum atomic E-state index is 13.9. The van der Waals surface area contributed by atoms with Gasteiger partial charge in [-0.3, -0.25) is 24.1 Å². The number of piperazine rings is 1. The molecule has 5 rings (SSSR count). The van der Waals surface area contributed by atoms with E-state index in [0.717, 1.165) is 11.1 Å². The van der Waals surface area contributed by atoms with Gasteiger partial charge in [0, 0.05) is 19.1 Å². The zero-order valence-corrected chi connectivity index (χ0v) is 18.5. The highest BCUT2D eigenvalue weighted by molar-refractivity contribution is 6.24. The summed E-state index contributed by atoms with van der Waals surface area (Å²) < 4.78 is 4.93. The predicted molar refractivity (Wildman–Crippen MR) is 119 cm³/mol. The number of nitrogens with zero attached hydrogens (tertiary/aromatic N) is 2. The third-order valence-corrected chi connectivity index (χ3v) is 7.16. The second-order valence-corrected chi connectivity index (χ2v) is 8.83. The van der Waals surface area contributed by atoms with Gasteiger partial charge in [-0.1, -0.05) is 48.0 Å². The molecule has 1 N–H and O–H groups in total. The van der Waals surface area contributed by atoms with Gasteiger partial charge in [0.15, 0.2) is 0 Å². The first-order valence-electron chi connectivity index (χ1n) is 11.0. The third kappa shape index (κ3) is 3.01. The van der Waals surface area contributed by atoms with Crippen LogP contribution in [0.4, 0.5) is 5.69 Å². The molecule has 33 heavy (non-hydrogen) atoms. The van der Waals surface area contributed by atoms with Gasteiger partial charge in [-0.25, -0.2) is 4.90 Å². The normalized spacial score (nSPS) is 29.0. The number of imide groups is 1. The molecule has 170 valence electrons. The number of nitrogens with one attached hydrogen (secondary N) is 1. The number of hydrogen-bond donors (Lipinski definition) is 1. The van der Waals surface area contributed by atoms with E-state index in [9.17, 15) is 19.2 Å². The quantitative estimate of drug-likeness (QED) is 0.565. The number of methoxy groups -OCH3 is 1. The topological polar surface area (TPSA) is 96.0 Å². The Morgan fingerprint density at radius 1 is 1.06 bits per heavy atom. The smallest absolute Gasteiger partial charge is 0.307 e. The van der Waals surface area contributed by atoms with E-state index in [4.69, 9.17) is 4.74 Å². The SMILES string of the molecule is COC(=O)C[C@]12C(=O)NCCN1[C@H](c1ccccc1)[C@H]1C(=O)N(c3ccc(C)cc3)C(=O)[C@@H]12. The van der Waals surface area contributed by atoms with Crippen LogP contribution in [-0.2, 0) is 23.9 Å². The Bertz CT molecular complexity index is 1130. The average molecular weight is 447 g/mol. The number of hydrogen-bond acceptors (Lipinski definition) is 6. The van der Waals surface area contributed by atoms with E-state index in [2.05, 4.69) is 5.32 Å². The highest BCUT2D eigenvalue weighted by atomic mass is 16.5. The van der Waals surface area contributed by atoms with Crippen molar-refractivity contribution in [2.24, 2.45) is 11.8 Å². The summed E-state index contributed by atoms with van der Waals surface area (Å²) in [6.07, 6.45) is -0.305. The Morgan fingerprint density at radius 2 is 1.76 bits per heavy atom. The molecule has 0 unspecified atom stereocenters. The number of fused-ring (bicyclic) bond motifs is 3. The van der Waals surface area contributed by atoms with Gasteiger partial charge in [0.2, 0.25) is 17.7 Å². The molecular formula is C25H25N3O5. The van der Waals surface area contributed by atoms with E-state index >= 15 is 0 Å². The van der Waals surface area contributed by atoms with E-state index in [1.807, 2.05) is 54.3 Å². The van der Waals surface area contributed by atoms with Crippen molar-refractivity contribution in [3.05, 3.63) is 65.7 Å². The fraction of sp³-hybridized carbons (Fsp3) is 0.360. The van der Waals surface area contributed by atoms with Crippen LogP contribution in [0.5, 0.6) is 0 Å². The predicted octanol–water partition coefficient (Wildman–Crippen LogP) is 1.59. The van der Waals surface area contributed by atoms with Crippen LogP contribution in [0.3, 0.4) is 0 Å². The molecule has 8 heteroatoms. The molecule has 8 nitrogen and oxygen atoms in total. The molecule has 4 atom stereocenters. The minimum absolute atomic E-state index is 0.305. The van der Waals surface area contributed by atoms with Gasteiger partial charge in [0.05, 0.1) is 31.1 Å². The molecule has 3 aliphatic heterocycles. The lowest BCUT2D eigenvalue weighted by Gasteiger charge is -2.45. The van der Waals surface area contributed by atoms with Crippen molar-refractivity contribution in [1.29, 1.82) is 0 Å². The molecule has 0 aromatic heterocycles. The largest absolute Gasteiger partial charge is 0.469 e. The number of aryl methyl sites for hydroxylation is 1. The van der Waals surface area contributed by atoms with Gasteiger partial charge in [0.25, 0.3) is 0 Å². The van der Waals surface area contributed by atoms with E-state index in [1.54, 1.807) is 12.1 Å². The standard InChI is InChI=1S/C25H25N3O5/c1-15-8-10-17(11-9-15)28-22(30)19-20(23(28)31)25(14-18(29)33-2)24(32)26-12-13-27(25)21(19)16-6-4-3-5-7-16/h3-11,19-21H,12-14H2,1-2H3,(H,26,32)/t19-,20+,21+,25-/m0/s1. The van der Waals surface area contributed by atoms with Crippen molar-refractivity contribution in [3.8, 4) is 0 Å². The van der Waals surface area contributed by atoms with Crippen LogP contribution in [0.15, 0.2) is 54.6 Å². The number of benzene rings is 2. The lowest BCUT2D eigenvalue weighted by atomic mass is 9.76. The van der Waals surface area contributed by atoms with E-state index in [0.29, 0.717) is 18.8 Å². The lowest BCUT2D eigenvalue weighted by molar-refractivity contribution is -0.154.